The predicted octanol–water partition coefficient (Wildman–Crippen LogP) is 1.31. The SMILES string of the molecule is O=C1OCc2cc(NC(=O)N3CCCOC(CN4CCOCC4)C3)ccc21. The van der Waals surface area contributed by atoms with Gasteiger partial charge in [0.1, 0.15) is 6.61 Å². The van der Waals surface area contributed by atoms with E-state index >= 15 is 0 Å². The molecule has 0 bridgehead atoms. The van der Waals surface area contributed by atoms with Crippen LogP contribution >= 0.6 is 0 Å². The summed E-state index contributed by atoms with van der Waals surface area (Å²) in [6.07, 6.45) is 0.821. The molecule has 8 heteroatoms. The van der Waals surface area contributed by atoms with Gasteiger partial charge in [0.05, 0.1) is 24.9 Å². The zero-order valence-electron chi connectivity index (χ0n) is 15.3. The molecule has 0 aromatic heterocycles. The maximum atomic E-state index is 12.8. The molecule has 146 valence electrons. The number of rotatable bonds is 3. The highest BCUT2D eigenvalue weighted by atomic mass is 16.5. The van der Waals surface area contributed by atoms with Gasteiger partial charge in [0.2, 0.25) is 0 Å². The van der Waals surface area contributed by atoms with E-state index in [4.69, 9.17) is 14.2 Å². The number of hydrogen-bond acceptors (Lipinski definition) is 6. The molecule has 1 aromatic rings. The monoisotopic (exact) mass is 375 g/mol. The number of cyclic esters (lactones) is 1. The number of esters is 1. The molecule has 0 saturated carbocycles. The lowest BCUT2D eigenvalue weighted by atomic mass is 10.1. The average Bonchev–Trinajstić information content (AvgIpc) is 2.89. The van der Waals surface area contributed by atoms with Crippen molar-refractivity contribution < 1.29 is 23.8 Å². The smallest absolute Gasteiger partial charge is 0.338 e. The molecule has 4 rings (SSSR count). The summed E-state index contributed by atoms with van der Waals surface area (Å²) in [6.45, 7) is 6.28. The zero-order valence-corrected chi connectivity index (χ0v) is 15.3. The average molecular weight is 375 g/mol. The molecule has 1 N–H and O–H groups in total. The number of nitrogens with zero attached hydrogens (tertiary/aromatic N) is 2. The third-order valence-electron chi connectivity index (χ3n) is 5.14. The van der Waals surface area contributed by atoms with E-state index in [1.807, 2.05) is 4.90 Å². The molecule has 1 unspecified atom stereocenters. The van der Waals surface area contributed by atoms with E-state index in [2.05, 4.69) is 10.2 Å². The summed E-state index contributed by atoms with van der Waals surface area (Å²) in [6, 6.07) is 5.10. The molecule has 0 spiro atoms. The number of carbonyl (C=O) groups is 2. The molecular formula is C19H25N3O5. The quantitative estimate of drug-likeness (QED) is 0.803. The molecule has 0 aliphatic carbocycles. The summed E-state index contributed by atoms with van der Waals surface area (Å²) in [5.74, 6) is -0.307. The fourth-order valence-corrected chi connectivity index (χ4v) is 3.68. The number of urea groups is 1. The van der Waals surface area contributed by atoms with Crippen LogP contribution in [0.3, 0.4) is 0 Å². The van der Waals surface area contributed by atoms with E-state index in [0.29, 0.717) is 30.9 Å². The molecule has 2 saturated heterocycles. The first kappa shape index (κ1) is 18.2. The highest BCUT2D eigenvalue weighted by molar-refractivity contribution is 5.95. The standard InChI is InChI=1S/C19H25N3O5/c23-18-17-3-2-15(10-14(17)13-27-18)20-19(24)22-4-1-7-26-16(12-22)11-21-5-8-25-9-6-21/h2-3,10,16H,1,4-9,11-13H2,(H,20,24). The number of ether oxygens (including phenoxy) is 3. The Morgan fingerprint density at radius 2 is 2.04 bits per heavy atom. The Morgan fingerprint density at radius 3 is 2.89 bits per heavy atom. The van der Waals surface area contributed by atoms with Crippen LogP contribution in [0.2, 0.25) is 0 Å². The van der Waals surface area contributed by atoms with E-state index in [1.54, 1.807) is 18.2 Å². The third-order valence-corrected chi connectivity index (χ3v) is 5.14. The van der Waals surface area contributed by atoms with Gasteiger partial charge < -0.3 is 24.4 Å². The van der Waals surface area contributed by atoms with Crippen LogP contribution in [-0.2, 0) is 20.8 Å². The molecule has 3 aliphatic rings. The second-order valence-corrected chi connectivity index (χ2v) is 7.08. The Kier molecular flexibility index (Phi) is 5.56. The number of hydrogen-bond donors (Lipinski definition) is 1. The van der Waals surface area contributed by atoms with E-state index in [-0.39, 0.29) is 24.7 Å². The molecule has 3 aliphatic heterocycles. The van der Waals surface area contributed by atoms with Gasteiger partial charge in [-0.15, -0.1) is 0 Å². The maximum absolute atomic E-state index is 12.8. The van der Waals surface area contributed by atoms with Crippen molar-refractivity contribution in [2.75, 3.05) is 57.9 Å². The first-order valence-corrected chi connectivity index (χ1v) is 9.47. The van der Waals surface area contributed by atoms with Crippen LogP contribution in [0.1, 0.15) is 22.3 Å². The molecule has 1 atom stereocenters. The van der Waals surface area contributed by atoms with Gasteiger partial charge in [-0.3, -0.25) is 4.90 Å². The molecule has 1 aromatic carbocycles. The van der Waals surface area contributed by atoms with Gasteiger partial charge in [0.15, 0.2) is 0 Å². The van der Waals surface area contributed by atoms with Crippen LogP contribution in [0, 0.1) is 0 Å². The first-order chi connectivity index (χ1) is 13.2. The van der Waals surface area contributed by atoms with E-state index in [9.17, 15) is 9.59 Å². The van der Waals surface area contributed by atoms with Crippen molar-refractivity contribution in [2.24, 2.45) is 0 Å². The van der Waals surface area contributed by atoms with Crippen LogP contribution in [-0.4, -0.2) is 80.4 Å². The maximum Gasteiger partial charge on any atom is 0.338 e. The Labute approximate surface area is 158 Å². The Hall–Kier alpha value is -2.16. The van der Waals surface area contributed by atoms with Gasteiger partial charge >= 0.3 is 12.0 Å². The highest BCUT2D eigenvalue weighted by Crippen LogP contribution is 2.23. The summed E-state index contributed by atoms with van der Waals surface area (Å²) in [7, 11) is 0. The lowest BCUT2D eigenvalue weighted by molar-refractivity contribution is -0.00983. The summed E-state index contributed by atoms with van der Waals surface area (Å²) in [5, 5.41) is 2.94. The summed E-state index contributed by atoms with van der Waals surface area (Å²) >= 11 is 0. The second kappa shape index (κ2) is 8.24. The second-order valence-electron chi connectivity index (χ2n) is 7.08. The normalized spacial score (nSPS) is 23.5. The number of carbonyl (C=O) groups excluding carboxylic acids is 2. The van der Waals surface area contributed by atoms with Gasteiger partial charge in [0.25, 0.3) is 0 Å². The van der Waals surface area contributed by atoms with E-state index < -0.39 is 0 Å². The molecule has 2 amide bonds. The fourth-order valence-electron chi connectivity index (χ4n) is 3.68. The Balaban J connectivity index is 1.36. The molecule has 2 fully saturated rings. The third kappa shape index (κ3) is 4.40. The predicted molar refractivity (Wildman–Crippen MR) is 97.8 cm³/mol. The van der Waals surface area contributed by atoms with Gasteiger partial charge in [-0.2, -0.15) is 0 Å². The zero-order chi connectivity index (χ0) is 18.6. The number of amides is 2. The van der Waals surface area contributed by atoms with Gasteiger partial charge in [-0.1, -0.05) is 0 Å². The molecule has 8 nitrogen and oxygen atoms in total. The fraction of sp³-hybridized carbons (Fsp3) is 0.579. The van der Waals surface area contributed by atoms with Crippen LogP contribution in [0.4, 0.5) is 10.5 Å². The van der Waals surface area contributed by atoms with Gasteiger partial charge in [0, 0.05) is 50.6 Å². The van der Waals surface area contributed by atoms with Crippen molar-refractivity contribution in [3.8, 4) is 0 Å². The van der Waals surface area contributed by atoms with Crippen LogP contribution in [0.15, 0.2) is 18.2 Å². The minimum absolute atomic E-state index is 0.00221. The van der Waals surface area contributed by atoms with Crippen molar-refractivity contribution in [3.05, 3.63) is 29.3 Å². The van der Waals surface area contributed by atoms with E-state index in [1.165, 1.54) is 0 Å². The number of anilines is 1. The summed E-state index contributed by atoms with van der Waals surface area (Å²) in [4.78, 5) is 28.4. The Bertz CT molecular complexity index is 705. The number of nitrogens with one attached hydrogen (secondary N) is 1. The lowest BCUT2D eigenvalue weighted by Crippen LogP contribution is -2.46. The number of morpholine rings is 1. The lowest BCUT2D eigenvalue weighted by Gasteiger charge is -2.31. The van der Waals surface area contributed by atoms with Crippen molar-refractivity contribution in [1.29, 1.82) is 0 Å². The first-order valence-electron chi connectivity index (χ1n) is 9.47. The summed E-state index contributed by atoms with van der Waals surface area (Å²) in [5.41, 5.74) is 2.05. The highest BCUT2D eigenvalue weighted by Gasteiger charge is 2.26. The number of fused-ring (bicyclic) bond motifs is 1. The number of benzene rings is 1. The van der Waals surface area contributed by atoms with Crippen LogP contribution < -0.4 is 5.32 Å². The molecular weight excluding hydrogens is 350 g/mol. The summed E-state index contributed by atoms with van der Waals surface area (Å²) < 4.78 is 16.4. The molecule has 0 radical (unpaired) electrons. The Morgan fingerprint density at radius 1 is 1.19 bits per heavy atom. The largest absolute Gasteiger partial charge is 0.457 e. The molecule has 3 heterocycles. The topological polar surface area (TPSA) is 80.3 Å². The molecule has 27 heavy (non-hydrogen) atoms. The van der Waals surface area contributed by atoms with Crippen LogP contribution in [0.25, 0.3) is 0 Å². The van der Waals surface area contributed by atoms with Gasteiger partial charge in [-0.05, 0) is 24.6 Å². The van der Waals surface area contributed by atoms with Crippen molar-refractivity contribution in [1.82, 2.24) is 9.80 Å². The van der Waals surface area contributed by atoms with E-state index in [0.717, 1.165) is 44.8 Å². The van der Waals surface area contributed by atoms with Crippen molar-refractivity contribution in [2.45, 2.75) is 19.1 Å². The minimum Gasteiger partial charge on any atom is -0.457 e. The minimum atomic E-state index is -0.307. The van der Waals surface area contributed by atoms with Crippen molar-refractivity contribution >= 4 is 17.7 Å². The van der Waals surface area contributed by atoms with Crippen molar-refractivity contribution in [3.63, 3.8) is 0 Å². The van der Waals surface area contributed by atoms with Crippen LogP contribution in [0.5, 0.6) is 0 Å². The van der Waals surface area contributed by atoms with Gasteiger partial charge in [-0.25, -0.2) is 9.59 Å².